The van der Waals surface area contributed by atoms with Crippen LogP contribution in [0.15, 0.2) is 30.3 Å². The minimum absolute atomic E-state index is 0. The number of benzene rings is 1. The molecule has 76 valence electrons. The Morgan fingerprint density at radius 1 is 0.846 bits per heavy atom. The Kier molecular flexibility index (Phi) is 7.93. The van der Waals surface area contributed by atoms with Crippen LogP contribution < -0.4 is 5.19 Å². The van der Waals surface area contributed by atoms with Crippen LogP contribution in [-0.4, -0.2) is 8.07 Å². The summed E-state index contributed by atoms with van der Waals surface area (Å²) in [6.45, 7) is 11.1. The van der Waals surface area contributed by atoms with Gasteiger partial charge in [-0.15, -0.1) is 0 Å². The van der Waals surface area contributed by atoms with Crippen LogP contribution in [-0.2, 0) is 0 Å². The fourth-order valence-corrected chi connectivity index (χ4v) is 2.13. The molecule has 0 nitrogen and oxygen atoms in total. The fraction of sp³-hybridized carbons (Fsp3) is 0.500. The van der Waals surface area contributed by atoms with Crippen molar-refractivity contribution in [2.75, 3.05) is 0 Å². The zero-order valence-electron chi connectivity index (χ0n) is 8.89. The van der Waals surface area contributed by atoms with Gasteiger partial charge < -0.3 is 0 Å². The Balaban J connectivity index is 0. The van der Waals surface area contributed by atoms with Gasteiger partial charge in [0.1, 0.15) is 0 Å². The number of hydrogen-bond donors (Lipinski definition) is 0. The molecular formula is C12H24Si. The molecule has 0 bridgehead atoms. The van der Waals surface area contributed by atoms with Gasteiger partial charge in [0.15, 0.2) is 0 Å². The highest BCUT2D eigenvalue weighted by molar-refractivity contribution is 6.88. The summed E-state index contributed by atoms with van der Waals surface area (Å²) in [7, 11) is -1.03. The van der Waals surface area contributed by atoms with Crippen LogP contribution in [0.3, 0.4) is 0 Å². The van der Waals surface area contributed by atoms with Crippen LogP contribution in [0.2, 0.25) is 19.6 Å². The third-order valence-electron chi connectivity index (χ3n) is 1.64. The van der Waals surface area contributed by atoms with Gasteiger partial charge in [-0.25, -0.2) is 0 Å². The predicted octanol–water partition coefficient (Wildman–Crippen LogP) is 3.89. The Morgan fingerprint density at radius 2 is 1.23 bits per heavy atom. The molecule has 1 heteroatoms. The molecule has 0 aliphatic heterocycles. The normalized spacial score (nSPS) is 9.31. The van der Waals surface area contributed by atoms with Gasteiger partial charge in [0.2, 0.25) is 0 Å². The quantitative estimate of drug-likeness (QED) is 0.598. The van der Waals surface area contributed by atoms with Crippen molar-refractivity contribution >= 4 is 13.3 Å². The van der Waals surface area contributed by atoms with Crippen molar-refractivity contribution in [3.8, 4) is 0 Å². The number of rotatable bonds is 1. The Labute approximate surface area is 85.0 Å². The first-order chi connectivity index (χ1) is 5.61. The summed E-state index contributed by atoms with van der Waals surface area (Å²) in [6.07, 6.45) is 0. The Bertz CT molecular complexity index is 196. The first-order valence-electron chi connectivity index (χ1n) is 4.66. The molecule has 0 amide bonds. The molecular weight excluding hydrogens is 172 g/mol. The average molecular weight is 196 g/mol. The van der Waals surface area contributed by atoms with Crippen molar-refractivity contribution in [1.82, 2.24) is 0 Å². The van der Waals surface area contributed by atoms with Gasteiger partial charge >= 0.3 is 0 Å². The summed E-state index contributed by atoms with van der Waals surface area (Å²) in [5, 5.41) is 1.54. The second kappa shape index (κ2) is 6.90. The third kappa shape index (κ3) is 5.64. The van der Waals surface area contributed by atoms with Crippen LogP contribution in [0.25, 0.3) is 0 Å². The van der Waals surface area contributed by atoms with E-state index in [2.05, 4.69) is 50.0 Å². The van der Waals surface area contributed by atoms with Crippen LogP contribution in [0.1, 0.15) is 21.3 Å². The molecule has 13 heavy (non-hydrogen) atoms. The molecule has 0 saturated heterocycles. The van der Waals surface area contributed by atoms with Crippen molar-refractivity contribution in [3.63, 3.8) is 0 Å². The van der Waals surface area contributed by atoms with Gasteiger partial charge in [-0.3, -0.25) is 0 Å². The van der Waals surface area contributed by atoms with Gasteiger partial charge in [-0.2, -0.15) is 0 Å². The van der Waals surface area contributed by atoms with Crippen molar-refractivity contribution in [1.29, 1.82) is 0 Å². The highest BCUT2D eigenvalue weighted by Gasteiger charge is 2.14. The summed E-state index contributed by atoms with van der Waals surface area (Å²) in [6, 6.07) is 10.8. The number of hydrogen-bond acceptors (Lipinski definition) is 0. The lowest BCUT2D eigenvalue weighted by molar-refractivity contribution is 1.50. The zero-order chi connectivity index (χ0) is 9.61. The van der Waals surface area contributed by atoms with Gasteiger partial charge in [-0.05, 0) is 0 Å². The average Bonchev–Trinajstić information content (AvgIpc) is 2.08. The summed E-state index contributed by atoms with van der Waals surface area (Å²) in [5.74, 6) is 0. The zero-order valence-corrected chi connectivity index (χ0v) is 9.89. The van der Waals surface area contributed by atoms with Gasteiger partial charge in [-0.1, -0.05) is 76.4 Å². The molecule has 0 aliphatic rings. The van der Waals surface area contributed by atoms with Gasteiger partial charge in [0, 0.05) is 0 Å². The maximum Gasteiger partial charge on any atom is 0.0775 e. The standard InChI is InChI=1S/C9H14Si.C2H6.CH4/c1-10(2,3)9-7-5-4-6-8-9;1-2;/h4-8H,1-3H3;1-2H3;1H4. The van der Waals surface area contributed by atoms with Crippen LogP contribution in [0, 0.1) is 0 Å². The van der Waals surface area contributed by atoms with E-state index in [4.69, 9.17) is 0 Å². The van der Waals surface area contributed by atoms with E-state index in [9.17, 15) is 0 Å². The van der Waals surface area contributed by atoms with Crippen molar-refractivity contribution in [3.05, 3.63) is 30.3 Å². The molecule has 0 atom stereocenters. The molecule has 0 aliphatic carbocycles. The Hall–Kier alpha value is -0.563. The van der Waals surface area contributed by atoms with Crippen molar-refractivity contribution in [2.45, 2.75) is 40.9 Å². The van der Waals surface area contributed by atoms with Crippen molar-refractivity contribution in [2.24, 2.45) is 0 Å². The van der Waals surface area contributed by atoms with E-state index >= 15 is 0 Å². The van der Waals surface area contributed by atoms with E-state index in [1.54, 1.807) is 0 Å². The van der Waals surface area contributed by atoms with Crippen LogP contribution in [0.5, 0.6) is 0 Å². The molecule has 0 N–H and O–H groups in total. The molecule has 0 unspecified atom stereocenters. The molecule has 1 aromatic carbocycles. The largest absolute Gasteiger partial charge is 0.0776 e. The van der Waals surface area contributed by atoms with E-state index in [1.165, 1.54) is 5.19 Å². The molecule has 0 heterocycles. The lowest BCUT2D eigenvalue weighted by Crippen LogP contribution is -2.37. The monoisotopic (exact) mass is 196 g/mol. The lowest BCUT2D eigenvalue weighted by Gasteiger charge is -2.15. The first kappa shape index (κ1) is 14.9. The highest BCUT2D eigenvalue weighted by atomic mass is 28.3. The second-order valence-electron chi connectivity index (χ2n) is 3.62. The van der Waals surface area contributed by atoms with E-state index in [-0.39, 0.29) is 7.43 Å². The molecule has 0 fully saturated rings. The highest BCUT2D eigenvalue weighted by Crippen LogP contribution is 2.00. The van der Waals surface area contributed by atoms with Gasteiger partial charge in [0.05, 0.1) is 8.07 Å². The van der Waals surface area contributed by atoms with E-state index < -0.39 is 8.07 Å². The molecule has 1 aromatic rings. The maximum atomic E-state index is 2.36. The van der Waals surface area contributed by atoms with E-state index in [0.717, 1.165) is 0 Å². The molecule has 0 saturated carbocycles. The lowest BCUT2D eigenvalue weighted by atomic mass is 10.4. The van der Waals surface area contributed by atoms with Gasteiger partial charge in [0.25, 0.3) is 0 Å². The van der Waals surface area contributed by atoms with E-state index in [1.807, 2.05) is 13.8 Å². The van der Waals surface area contributed by atoms with Crippen LogP contribution in [0.4, 0.5) is 0 Å². The fourth-order valence-electron chi connectivity index (χ4n) is 0.938. The van der Waals surface area contributed by atoms with E-state index in [0.29, 0.717) is 0 Å². The smallest absolute Gasteiger partial charge is 0.0775 e. The topological polar surface area (TPSA) is 0 Å². The molecule has 0 radical (unpaired) electrons. The maximum absolute atomic E-state index is 2.36. The second-order valence-corrected chi connectivity index (χ2v) is 8.69. The summed E-state index contributed by atoms with van der Waals surface area (Å²) in [5.41, 5.74) is 0. The summed E-state index contributed by atoms with van der Waals surface area (Å²) < 4.78 is 0. The molecule has 1 rings (SSSR count). The minimum atomic E-state index is -1.03. The third-order valence-corrected chi connectivity index (χ3v) is 3.71. The summed E-state index contributed by atoms with van der Waals surface area (Å²) >= 11 is 0. The van der Waals surface area contributed by atoms with Crippen LogP contribution >= 0.6 is 0 Å². The Morgan fingerprint density at radius 3 is 1.46 bits per heavy atom. The first-order valence-corrected chi connectivity index (χ1v) is 8.16. The van der Waals surface area contributed by atoms with Crippen molar-refractivity contribution < 1.29 is 0 Å². The SMILES string of the molecule is C.CC.C[Si](C)(C)c1ccccc1. The molecule has 0 aromatic heterocycles. The minimum Gasteiger partial charge on any atom is -0.0776 e. The summed E-state index contributed by atoms with van der Waals surface area (Å²) in [4.78, 5) is 0. The predicted molar refractivity (Wildman–Crippen MR) is 67.5 cm³/mol. The molecule has 0 spiro atoms.